The van der Waals surface area contributed by atoms with Crippen molar-refractivity contribution in [2.24, 2.45) is 0 Å². The van der Waals surface area contributed by atoms with Crippen LogP contribution in [0.4, 0.5) is 0 Å². The number of fused-ring (bicyclic) bond motifs is 8. The third-order valence-electron chi connectivity index (χ3n) is 5.20. The first-order valence-electron chi connectivity index (χ1n) is 8.51. The molecule has 0 bridgehead atoms. The van der Waals surface area contributed by atoms with Gasteiger partial charge < -0.3 is 4.57 Å². The highest BCUT2D eigenvalue weighted by Crippen LogP contribution is 2.45. The van der Waals surface area contributed by atoms with Gasteiger partial charge in [0.05, 0.1) is 22.4 Å². The summed E-state index contributed by atoms with van der Waals surface area (Å²) in [6, 6.07) is 28.0. The number of hydrogen-bond donors (Lipinski definition) is 0. The van der Waals surface area contributed by atoms with Gasteiger partial charge in [0, 0.05) is 28.1 Å². The van der Waals surface area contributed by atoms with Crippen LogP contribution in [0.2, 0.25) is 0 Å². The van der Waals surface area contributed by atoms with Gasteiger partial charge in [0.1, 0.15) is 0 Å². The Labute approximate surface area is 145 Å². The molecule has 0 spiro atoms. The zero-order valence-corrected chi connectivity index (χ0v) is 13.5. The van der Waals surface area contributed by atoms with Crippen molar-refractivity contribution in [1.29, 1.82) is 0 Å². The molecule has 1 aliphatic rings. The van der Waals surface area contributed by atoms with Gasteiger partial charge >= 0.3 is 0 Å². The van der Waals surface area contributed by atoms with E-state index >= 15 is 0 Å². The van der Waals surface area contributed by atoms with Crippen molar-refractivity contribution < 1.29 is 0 Å². The Balaban J connectivity index is 1.99. The number of aromatic nitrogens is 2. The molecule has 2 heteroatoms. The molecule has 0 radical (unpaired) electrons. The number of hydrogen-bond acceptors (Lipinski definition) is 1. The molecule has 0 atom stereocenters. The Hall–Kier alpha value is -3.39. The predicted molar refractivity (Wildman–Crippen MR) is 103 cm³/mol. The van der Waals surface area contributed by atoms with E-state index in [2.05, 4.69) is 83.4 Å². The van der Waals surface area contributed by atoms with Crippen molar-refractivity contribution in [1.82, 2.24) is 9.55 Å². The molecule has 3 heterocycles. The molecule has 116 valence electrons. The van der Waals surface area contributed by atoms with Gasteiger partial charge in [0.2, 0.25) is 0 Å². The van der Waals surface area contributed by atoms with Gasteiger partial charge in [0.25, 0.3) is 0 Å². The van der Waals surface area contributed by atoms with E-state index in [1.54, 1.807) is 0 Å². The first kappa shape index (κ1) is 13.0. The topological polar surface area (TPSA) is 17.8 Å². The summed E-state index contributed by atoms with van der Waals surface area (Å²) in [5, 5.41) is 2.53. The Morgan fingerprint density at radius 1 is 0.600 bits per heavy atom. The van der Waals surface area contributed by atoms with Crippen LogP contribution >= 0.6 is 0 Å². The van der Waals surface area contributed by atoms with Crippen LogP contribution in [0.25, 0.3) is 49.9 Å². The van der Waals surface area contributed by atoms with E-state index in [4.69, 9.17) is 4.98 Å². The SMILES string of the molecule is c1ccc2c(c1)-c1ccccc1-n1c3ccccc3c3ccnc-2c31. The summed E-state index contributed by atoms with van der Waals surface area (Å²) >= 11 is 0. The number of nitrogens with zero attached hydrogens (tertiary/aromatic N) is 2. The lowest BCUT2D eigenvalue weighted by molar-refractivity contribution is 1.18. The number of para-hydroxylation sites is 2. The summed E-state index contributed by atoms with van der Waals surface area (Å²) in [6.07, 6.45) is 1.93. The lowest BCUT2D eigenvalue weighted by Gasteiger charge is -2.11. The molecule has 0 fully saturated rings. The summed E-state index contributed by atoms with van der Waals surface area (Å²) in [6.45, 7) is 0. The standard InChI is InChI=1S/C23H14N2/c1-2-10-18-15(7-1)16-8-3-5-11-20(16)25-21-12-6-4-9-17(21)19-13-14-24-22(18)23(19)25/h1-14H. The van der Waals surface area contributed by atoms with Crippen molar-refractivity contribution in [3.63, 3.8) is 0 Å². The number of pyridine rings is 1. The average Bonchev–Trinajstić information content (AvgIpc) is 2.96. The van der Waals surface area contributed by atoms with E-state index in [0.717, 1.165) is 5.69 Å². The second kappa shape index (κ2) is 4.58. The minimum absolute atomic E-state index is 1.06. The minimum atomic E-state index is 1.06. The Kier molecular flexibility index (Phi) is 2.37. The van der Waals surface area contributed by atoms with Crippen molar-refractivity contribution >= 4 is 21.8 Å². The maximum atomic E-state index is 4.80. The van der Waals surface area contributed by atoms with Crippen molar-refractivity contribution in [3.8, 4) is 28.1 Å². The fourth-order valence-corrected chi connectivity index (χ4v) is 4.18. The molecule has 0 amide bonds. The molecule has 2 nitrogen and oxygen atoms in total. The second-order valence-corrected chi connectivity index (χ2v) is 6.47. The molecule has 0 saturated heterocycles. The van der Waals surface area contributed by atoms with Crippen molar-refractivity contribution in [2.45, 2.75) is 0 Å². The van der Waals surface area contributed by atoms with Crippen LogP contribution < -0.4 is 0 Å². The smallest absolute Gasteiger partial charge is 0.0955 e. The van der Waals surface area contributed by atoms with Gasteiger partial charge in [-0.1, -0.05) is 60.7 Å². The van der Waals surface area contributed by atoms with Gasteiger partial charge in [-0.3, -0.25) is 4.98 Å². The lowest BCUT2D eigenvalue weighted by atomic mass is 9.96. The van der Waals surface area contributed by atoms with Crippen molar-refractivity contribution in [2.75, 3.05) is 0 Å². The van der Waals surface area contributed by atoms with Crippen LogP contribution in [0.5, 0.6) is 0 Å². The second-order valence-electron chi connectivity index (χ2n) is 6.47. The fraction of sp³-hybridized carbons (Fsp3) is 0. The average molecular weight is 318 g/mol. The Morgan fingerprint density at radius 3 is 2.24 bits per heavy atom. The van der Waals surface area contributed by atoms with Crippen LogP contribution in [0.15, 0.2) is 85.1 Å². The minimum Gasteiger partial charge on any atom is -0.306 e. The largest absolute Gasteiger partial charge is 0.306 e. The molecule has 0 N–H and O–H groups in total. The van der Waals surface area contributed by atoms with Gasteiger partial charge in [-0.2, -0.15) is 0 Å². The van der Waals surface area contributed by atoms with Crippen LogP contribution in [0, 0.1) is 0 Å². The third kappa shape index (κ3) is 1.56. The lowest BCUT2D eigenvalue weighted by Crippen LogP contribution is -1.95. The van der Waals surface area contributed by atoms with E-state index in [0.29, 0.717) is 0 Å². The Bertz CT molecular complexity index is 1290. The van der Waals surface area contributed by atoms with Crippen LogP contribution in [-0.2, 0) is 0 Å². The maximum Gasteiger partial charge on any atom is 0.0955 e. The molecule has 1 aliphatic heterocycles. The summed E-state index contributed by atoms with van der Waals surface area (Å²) in [5.74, 6) is 0. The summed E-state index contributed by atoms with van der Waals surface area (Å²) in [7, 11) is 0. The van der Waals surface area contributed by atoms with Gasteiger partial charge in [-0.15, -0.1) is 0 Å². The van der Waals surface area contributed by atoms with Gasteiger partial charge in [0.15, 0.2) is 0 Å². The number of rotatable bonds is 0. The summed E-state index contributed by atoms with van der Waals surface area (Å²) < 4.78 is 2.38. The third-order valence-corrected chi connectivity index (χ3v) is 5.20. The molecule has 3 aromatic carbocycles. The van der Waals surface area contributed by atoms with E-state index in [9.17, 15) is 0 Å². The molecule has 0 aliphatic carbocycles. The van der Waals surface area contributed by atoms with E-state index < -0.39 is 0 Å². The van der Waals surface area contributed by atoms with E-state index in [-0.39, 0.29) is 0 Å². The van der Waals surface area contributed by atoms with E-state index in [1.165, 1.54) is 44.2 Å². The maximum absolute atomic E-state index is 4.80. The first-order chi connectivity index (χ1) is 12.4. The summed E-state index contributed by atoms with van der Waals surface area (Å²) in [5.41, 5.74) is 8.38. The molecule has 0 saturated carbocycles. The molecule has 0 unspecified atom stereocenters. The fourth-order valence-electron chi connectivity index (χ4n) is 4.18. The normalized spacial score (nSPS) is 12.0. The highest BCUT2D eigenvalue weighted by molar-refractivity contribution is 6.15. The van der Waals surface area contributed by atoms with Crippen LogP contribution in [0.3, 0.4) is 0 Å². The molecule has 25 heavy (non-hydrogen) atoms. The predicted octanol–water partition coefficient (Wildman–Crippen LogP) is 5.83. The monoisotopic (exact) mass is 318 g/mol. The Morgan fingerprint density at radius 2 is 1.32 bits per heavy atom. The van der Waals surface area contributed by atoms with Crippen molar-refractivity contribution in [3.05, 3.63) is 85.1 Å². The zero-order valence-electron chi connectivity index (χ0n) is 13.5. The first-order valence-corrected chi connectivity index (χ1v) is 8.51. The van der Waals surface area contributed by atoms with Crippen LogP contribution in [0.1, 0.15) is 0 Å². The highest BCUT2D eigenvalue weighted by atomic mass is 15.0. The van der Waals surface area contributed by atoms with Crippen LogP contribution in [-0.4, -0.2) is 9.55 Å². The molecular formula is C23H14N2. The number of benzene rings is 3. The zero-order chi connectivity index (χ0) is 16.4. The van der Waals surface area contributed by atoms with Gasteiger partial charge in [-0.05, 0) is 23.8 Å². The molecular weight excluding hydrogens is 304 g/mol. The molecule has 5 aromatic rings. The summed E-state index contributed by atoms with van der Waals surface area (Å²) in [4.78, 5) is 4.80. The van der Waals surface area contributed by atoms with E-state index in [1.807, 2.05) is 6.20 Å². The van der Waals surface area contributed by atoms with Gasteiger partial charge in [-0.25, -0.2) is 0 Å². The highest BCUT2D eigenvalue weighted by Gasteiger charge is 2.24. The molecule has 6 rings (SSSR count). The molecule has 2 aromatic heterocycles. The quantitative estimate of drug-likeness (QED) is 0.345.